The van der Waals surface area contributed by atoms with E-state index in [9.17, 15) is 10.0 Å². The summed E-state index contributed by atoms with van der Waals surface area (Å²) in [6.07, 6.45) is 0. The highest BCUT2D eigenvalue weighted by Crippen LogP contribution is 2.25. The lowest BCUT2D eigenvalue weighted by atomic mass is 10.2. The molecule has 0 aliphatic rings. The molecule has 0 saturated heterocycles. The maximum atomic E-state index is 10.4. The third-order valence-corrected chi connectivity index (χ3v) is 2.96. The van der Waals surface area contributed by atoms with Crippen LogP contribution in [0.4, 0.5) is 5.69 Å². The van der Waals surface area contributed by atoms with Gasteiger partial charge < -0.3 is 5.11 Å². The van der Waals surface area contributed by atoms with E-state index >= 15 is 0 Å². The number of aromatic nitrogens is 2. The summed E-state index contributed by atoms with van der Waals surface area (Å²) in [5.41, 5.74) is 2.61. The van der Waals surface area contributed by atoms with Crippen LogP contribution in [0.25, 0.3) is 16.9 Å². The molecule has 0 radical (unpaired) electrons. The summed E-state index contributed by atoms with van der Waals surface area (Å²) >= 11 is 0. The Balaban J connectivity index is 2.02. The molecule has 0 spiro atoms. The van der Waals surface area contributed by atoms with Crippen molar-refractivity contribution >= 4 is 5.69 Å². The van der Waals surface area contributed by atoms with Gasteiger partial charge in [-0.25, -0.2) is 4.68 Å². The third-order valence-electron chi connectivity index (χ3n) is 2.96. The molecule has 0 fully saturated rings. The second kappa shape index (κ2) is 4.97. The third kappa shape index (κ3) is 2.16. The van der Waals surface area contributed by atoms with Gasteiger partial charge in [0, 0.05) is 11.6 Å². The fraction of sp³-hybridized carbons (Fsp3) is 0. The fourth-order valence-corrected chi connectivity index (χ4v) is 1.97. The van der Waals surface area contributed by atoms with Gasteiger partial charge in [-0.1, -0.05) is 30.3 Å². The lowest BCUT2D eigenvalue weighted by Gasteiger charge is -2.02. The quantitative estimate of drug-likeness (QED) is 0.735. The zero-order valence-corrected chi connectivity index (χ0v) is 10.5. The summed E-state index contributed by atoms with van der Waals surface area (Å²) in [5.74, 6) is 0.0377. The Hall–Kier alpha value is -2.95. The molecule has 2 aromatic carbocycles. The lowest BCUT2D eigenvalue weighted by Crippen LogP contribution is -1.95. The minimum Gasteiger partial charge on any atom is -0.493 e. The SMILES string of the molecule is O=Nc1ccc(-n2nc(-c3ccccc3)cc2O)cc1. The highest BCUT2D eigenvalue weighted by Gasteiger charge is 2.09. The van der Waals surface area contributed by atoms with Crippen molar-refractivity contribution in [2.24, 2.45) is 5.18 Å². The number of benzene rings is 2. The molecule has 0 unspecified atom stereocenters. The van der Waals surface area contributed by atoms with E-state index in [1.807, 2.05) is 30.3 Å². The zero-order chi connectivity index (χ0) is 13.9. The summed E-state index contributed by atoms with van der Waals surface area (Å²) in [4.78, 5) is 10.4. The molecule has 3 aromatic rings. The summed E-state index contributed by atoms with van der Waals surface area (Å²) in [6.45, 7) is 0. The van der Waals surface area contributed by atoms with Crippen LogP contribution in [0.3, 0.4) is 0 Å². The molecule has 0 amide bonds. The van der Waals surface area contributed by atoms with Gasteiger partial charge in [0.1, 0.15) is 5.69 Å². The first-order valence-corrected chi connectivity index (χ1v) is 6.06. The molecule has 3 rings (SSSR count). The molecular formula is C15H11N3O2. The fourth-order valence-electron chi connectivity index (χ4n) is 1.97. The van der Waals surface area contributed by atoms with Crippen molar-refractivity contribution in [2.75, 3.05) is 0 Å². The maximum absolute atomic E-state index is 10.4. The number of nitrogens with zero attached hydrogens (tertiary/aromatic N) is 3. The van der Waals surface area contributed by atoms with Gasteiger partial charge in [-0.05, 0) is 29.4 Å². The van der Waals surface area contributed by atoms with Crippen molar-refractivity contribution < 1.29 is 5.11 Å². The van der Waals surface area contributed by atoms with Crippen LogP contribution in [-0.2, 0) is 0 Å². The molecule has 20 heavy (non-hydrogen) atoms. The molecule has 5 heteroatoms. The molecule has 5 nitrogen and oxygen atoms in total. The predicted octanol–water partition coefficient (Wildman–Crippen LogP) is 3.64. The topological polar surface area (TPSA) is 67.5 Å². The molecular weight excluding hydrogens is 254 g/mol. The summed E-state index contributed by atoms with van der Waals surface area (Å²) in [7, 11) is 0. The van der Waals surface area contributed by atoms with Gasteiger partial charge in [0.15, 0.2) is 0 Å². The normalized spacial score (nSPS) is 10.4. The molecule has 98 valence electrons. The number of hydrogen-bond acceptors (Lipinski definition) is 4. The van der Waals surface area contributed by atoms with Crippen molar-refractivity contribution in [3.05, 3.63) is 65.6 Å². The highest BCUT2D eigenvalue weighted by atomic mass is 16.3. The predicted molar refractivity (Wildman–Crippen MR) is 76.1 cm³/mol. The first-order chi connectivity index (χ1) is 9.78. The van der Waals surface area contributed by atoms with Crippen LogP contribution in [0.2, 0.25) is 0 Å². The minimum atomic E-state index is 0.0377. The van der Waals surface area contributed by atoms with Crippen molar-refractivity contribution in [1.82, 2.24) is 9.78 Å². The Bertz CT molecular complexity index is 734. The molecule has 1 heterocycles. The number of hydrogen-bond donors (Lipinski definition) is 1. The monoisotopic (exact) mass is 265 g/mol. The van der Waals surface area contributed by atoms with Gasteiger partial charge in [0.25, 0.3) is 0 Å². The van der Waals surface area contributed by atoms with Crippen molar-refractivity contribution in [1.29, 1.82) is 0 Å². The van der Waals surface area contributed by atoms with E-state index in [0.29, 0.717) is 17.1 Å². The molecule has 0 aliphatic heterocycles. The largest absolute Gasteiger partial charge is 0.493 e. The van der Waals surface area contributed by atoms with Gasteiger partial charge in [0.05, 0.1) is 11.4 Å². The molecule has 0 bridgehead atoms. The van der Waals surface area contributed by atoms with Crippen LogP contribution in [0, 0.1) is 4.91 Å². The van der Waals surface area contributed by atoms with Gasteiger partial charge in [-0.3, -0.25) is 0 Å². The standard InChI is InChI=1S/C15H11N3O2/c19-15-10-14(11-4-2-1-3-5-11)16-18(15)13-8-6-12(17-20)7-9-13/h1-10,19H. The Kier molecular flexibility index (Phi) is 3.01. The van der Waals surface area contributed by atoms with E-state index in [2.05, 4.69) is 10.3 Å². The van der Waals surface area contributed by atoms with Crippen LogP contribution < -0.4 is 0 Å². The van der Waals surface area contributed by atoms with Gasteiger partial charge in [-0.15, -0.1) is 4.91 Å². The zero-order valence-electron chi connectivity index (χ0n) is 10.5. The van der Waals surface area contributed by atoms with Crippen molar-refractivity contribution in [3.63, 3.8) is 0 Å². The van der Waals surface area contributed by atoms with Crippen molar-refractivity contribution in [2.45, 2.75) is 0 Å². The summed E-state index contributed by atoms with van der Waals surface area (Å²) in [5, 5.41) is 17.2. The maximum Gasteiger partial charge on any atom is 0.214 e. The summed E-state index contributed by atoms with van der Waals surface area (Å²) in [6, 6.07) is 17.7. The van der Waals surface area contributed by atoms with Crippen LogP contribution in [0.15, 0.2) is 65.8 Å². The van der Waals surface area contributed by atoms with Gasteiger partial charge >= 0.3 is 0 Å². The Morgan fingerprint density at radius 1 is 1.00 bits per heavy atom. The summed E-state index contributed by atoms with van der Waals surface area (Å²) < 4.78 is 1.41. The average molecular weight is 265 g/mol. The van der Waals surface area contributed by atoms with E-state index < -0.39 is 0 Å². The number of aromatic hydroxyl groups is 1. The number of rotatable bonds is 3. The van der Waals surface area contributed by atoms with Crippen LogP contribution >= 0.6 is 0 Å². The van der Waals surface area contributed by atoms with Crippen molar-refractivity contribution in [3.8, 4) is 22.8 Å². The Morgan fingerprint density at radius 2 is 1.70 bits per heavy atom. The van der Waals surface area contributed by atoms with E-state index in [1.165, 1.54) is 4.68 Å². The van der Waals surface area contributed by atoms with Gasteiger partial charge in [0.2, 0.25) is 5.88 Å². The van der Waals surface area contributed by atoms with E-state index in [0.717, 1.165) is 5.56 Å². The second-order valence-corrected chi connectivity index (χ2v) is 4.27. The first kappa shape index (κ1) is 12.1. The molecule has 1 N–H and O–H groups in total. The molecule has 0 atom stereocenters. The smallest absolute Gasteiger partial charge is 0.214 e. The van der Waals surface area contributed by atoms with E-state index in [1.54, 1.807) is 30.3 Å². The van der Waals surface area contributed by atoms with E-state index in [4.69, 9.17) is 0 Å². The lowest BCUT2D eigenvalue weighted by molar-refractivity contribution is 0.433. The number of nitroso groups, excluding NO2 is 1. The molecule has 0 aliphatic carbocycles. The molecule has 0 saturated carbocycles. The van der Waals surface area contributed by atoms with Gasteiger partial charge in [-0.2, -0.15) is 5.10 Å². The minimum absolute atomic E-state index is 0.0377. The van der Waals surface area contributed by atoms with Crippen LogP contribution in [0.1, 0.15) is 0 Å². The molecule has 1 aromatic heterocycles. The Labute approximate surface area is 115 Å². The van der Waals surface area contributed by atoms with Crippen LogP contribution in [0.5, 0.6) is 5.88 Å². The average Bonchev–Trinajstić information content (AvgIpc) is 2.90. The highest BCUT2D eigenvalue weighted by molar-refractivity contribution is 5.61. The second-order valence-electron chi connectivity index (χ2n) is 4.27. The first-order valence-electron chi connectivity index (χ1n) is 6.06. The van der Waals surface area contributed by atoms with E-state index in [-0.39, 0.29) is 5.88 Å². The Morgan fingerprint density at radius 3 is 2.35 bits per heavy atom. The van der Waals surface area contributed by atoms with Crippen LogP contribution in [-0.4, -0.2) is 14.9 Å².